The van der Waals surface area contributed by atoms with E-state index < -0.39 is 0 Å². The molecule has 0 aromatic heterocycles. The Morgan fingerprint density at radius 1 is 0.625 bits per heavy atom. The standard InChI is InChI=1S/C27H31NO4/c29-17-24-26(31-19-22-12-6-2-7-13-22)27(32-20-23-14-8-3-9-15-23)25(16-28-24)30-18-21-10-4-1-5-11-21/h1-15,24-29H,16-20H2/t24-,25-,26-,27+/m0/s1. The first-order valence-corrected chi connectivity index (χ1v) is 11.1. The van der Waals surface area contributed by atoms with Gasteiger partial charge in [0.2, 0.25) is 0 Å². The van der Waals surface area contributed by atoms with Gasteiger partial charge in [0.15, 0.2) is 0 Å². The van der Waals surface area contributed by atoms with Gasteiger partial charge in [-0.2, -0.15) is 0 Å². The maximum atomic E-state index is 10.0. The quantitative estimate of drug-likeness (QED) is 0.511. The monoisotopic (exact) mass is 433 g/mol. The molecule has 1 aliphatic rings. The number of aliphatic hydroxyl groups excluding tert-OH is 1. The van der Waals surface area contributed by atoms with Gasteiger partial charge in [-0.05, 0) is 16.7 Å². The second kappa shape index (κ2) is 11.9. The highest BCUT2D eigenvalue weighted by Gasteiger charge is 2.41. The Morgan fingerprint density at radius 2 is 1.06 bits per heavy atom. The van der Waals surface area contributed by atoms with Crippen molar-refractivity contribution in [3.8, 4) is 0 Å². The molecule has 32 heavy (non-hydrogen) atoms. The third-order valence-corrected chi connectivity index (χ3v) is 5.74. The number of benzene rings is 3. The first-order valence-electron chi connectivity index (χ1n) is 11.1. The van der Waals surface area contributed by atoms with Crippen molar-refractivity contribution < 1.29 is 19.3 Å². The molecule has 168 valence electrons. The molecule has 2 N–H and O–H groups in total. The number of rotatable bonds is 10. The van der Waals surface area contributed by atoms with Crippen molar-refractivity contribution in [2.24, 2.45) is 0 Å². The van der Waals surface area contributed by atoms with Gasteiger partial charge < -0.3 is 24.6 Å². The first-order chi connectivity index (χ1) is 15.8. The Labute approximate surface area is 190 Å². The van der Waals surface area contributed by atoms with Gasteiger partial charge in [-0.25, -0.2) is 0 Å². The minimum atomic E-state index is -0.349. The molecule has 3 aromatic rings. The minimum Gasteiger partial charge on any atom is -0.395 e. The highest BCUT2D eigenvalue weighted by Crippen LogP contribution is 2.23. The maximum Gasteiger partial charge on any atom is 0.113 e. The van der Waals surface area contributed by atoms with Crippen LogP contribution in [0, 0.1) is 0 Å². The summed E-state index contributed by atoms with van der Waals surface area (Å²) in [7, 11) is 0. The van der Waals surface area contributed by atoms with Crippen LogP contribution in [0.1, 0.15) is 16.7 Å². The summed E-state index contributed by atoms with van der Waals surface area (Å²) in [5.41, 5.74) is 3.29. The predicted octanol–water partition coefficient (Wildman–Crippen LogP) is 3.71. The molecule has 0 radical (unpaired) electrons. The molecule has 0 aliphatic carbocycles. The van der Waals surface area contributed by atoms with Crippen LogP contribution >= 0.6 is 0 Å². The fourth-order valence-electron chi connectivity index (χ4n) is 3.99. The predicted molar refractivity (Wildman–Crippen MR) is 124 cm³/mol. The summed E-state index contributed by atoms with van der Waals surface area (Å²) in [4.78, 5) is 0. The van der Waals surface area contributed by atoms with Crippen LogP contribution < -0.4 is 5.32 Å². The third kappa shape index (κ3) is 6.25. The molecule has 5 nitrogen and oxygen atoms in total. The topological polar surface area (TPSA) is 60.0 Å². The normalized spacial score (nSPS) is 23.2. The highest BCUT2D eigenvalue weighted by atomic mass is 16.6. The molecule has 3 aromatic carbocycles. The van der Waals surface area contributed by atoms with Crippen molar-refractivity contribution in [3.05, 3.63) is 108 Å². The summed E-state index contributed by atoms with van der Waals surface area (Å²) >= 11 is 0. The van der Waals surface area contributed by atoms with Gasteiger partial charge in [0.05, 0.1) is 38.6 Å². The molecule has 0 unspecified atom stereocenters. The lowest BCUT2D eigenvalue weighted by molar-refractivity contribution is -0.179. The molecular formula is C27H31NO4. The Morgan fingerprint density at radius 3 is 1.53 bits per heavy atom. The third-order valence-electron chi connectivity index (χ3n) is 5.74. The van der Waals surface area contributed by atoms with Crippen LogP contribution in [0.15, 0.2) is 91.0 Å². The zero-order valence-electron chi connectivity index (χ0n) is 18.2. The number of aliphatic hydroxyl groups is 1. The van der Waals surface area contributed by atoms with Crippen LogP contribution in [0.2, 0.25) is 0 Å². The Kier molecular flexibility index (Phi) is 8.42. The van der Waals surface area contributed by atoms with E-state index in [0.717, 1.165) is 16.7 Å². The number of ether oxygens (including phenoxy) is 3. The SMILES string of the molecule is OC[C@@H]1NC[C@H](OCc2ccccc2)[C@@H](OCc2ccccc2)[C@H]1OCc1ccccc1. The average molecular weight is 434 g/mol. The van der Waals surface area contributed by atoms with Crippen molar-refractivity contribution in [1.29, 1.82) is 0 Å². The van der Waals surface area contributed by atoms with E-state index >= 15 is 0 Å². The van der Waals surface area contributed by atoms with Crippen LogP contribution in [0.3, 0.4) is 0 Å². The lowest BCUT2D eigenvalue weighted by atomic mass is 9.95. The van der Waals surface area contributed by atoms with Gasteiger partial charge in [-0.1, -0.05) is 91.0 Å². The molecule has 4 rings (SSSR count). The average Bonchev–Trinajstić information content (AvgIpc) is 2.87. The van der Waals surface area contributed by atoms with Gasteiger partial charge in [0, 0.05) is 6.54 Å². The van der Waals surface area contributed by atoms with E-state index in [1.54, 1.807) is 0 Å². The van der Waals surface area contributed by atoms with Crippen molar-refractivity contribution >= 4 is 0 Å². The van der Waals surface area contributed by atoms with Crippen molar-refractivity contribution in [2.45, 2.75) is 44.2 Å². The lowest BCUT2D eigenvalue weighted by Crippen LogP contribution is -2.63. The number of piperidine rings is 1. The smallest absolute Gasteiger partial charge is 0.113 e. The van der Waals surface area contributed by atoms with E-state index in [-0.39, 0.29) is 31.0 Å². The summed E-state index contributed by atoms with van der Waals surface area (Å²) in [5, 5.41) is 13.4. The summed E-state index contributed by atoms with van der Waals surface area (Å²) < 4.78 is 19.0. The van der Waals surface area contributed by atoms with Gasteiger partial charge in [0.25, 0.3) is 0 Å². The second-order valence-electron chi connectivity index (χ2n) is 8.05. The summed E-state index contributed by atoms with van der Waals surface area (Å²) in [6, 6.07) is 30.0. The molecule has 0 bridgehead atoms. The van der Waals surface area contributed by atoms with Gasteiger partial charge in [-0.3, -0.25) is 0 Å². The molecule has 1 heterocycles. The number of nitrogens with one attached hydrogen (secondary N) is 1. The van der Waals surface area contributed by atoms with Gasteiger partial charge >= 0.3 is 0 Å². The van der Waals surface area contributed by atoms with Gasteiger partial charge in [0.1, 0.15) is 12.2 Å². The van der Waals surface area contributed by atoms with Crippen LogP contribution in [-0.2, 0) is 34.0 Å². The largest absolute Gasteiger partial charge is 0.395 e. The molecule has 5 heteroatoms. The highest BCUT2D eigenvalue weighted by molar-refractivity contribution is 5.15. The van der Waals surface area contributed by atoms with Crippen LogP contribution in [0.5, 0.6) is 0 Å². The van der Waals surface area contributed by atoms with Crippen molar-refractivity contribution in [1.82, 2.24) is 5.32 Å². The van der Waals surface area contributed by atoms with E-state index in [1.165, 1.54) is 0 Å². The summed E-state index contributed by atoms with van der Waals surface area (Å²) in [6.45, 7) is 1.95. The number of hydrogen-bond acceptors (Lipinski definition) is 5. The molecule has 4 atom stereocenters. The van der Waals surface area contributed by atoms with E-state index in [1.807, 2.05) is 78.9 Å². The van der Waals surface area contributed by atoms with E-state index in [4.69, 9.17) is 14.2 Å². The molecule has 0 saturated carbocycles. The van der Waals surface area contributed by atoms with Crippen LogP contribution in [-0.4, -0.2) is 42.6 Å². The fourth-order valence-corrected chi connectivity index (χ4v) is 3.99. The van der Waals surface area contributed by atoms with Crippen LogP contribution in [0.25, 0.3) is 0 Å². The lowest BCUT2D eigenvalue weighted by Gasteiger charge is -2.42. The zero-order valence-corrected chi connectivity index (χ0v) is 18.2. The van der Waals surface area contributed by atoms with Crippen molar-refractivity contribution in [2.75, 3.05) is 13.2 Å². The molecular weight excluding hydrogens is 402 g/mol. The Bertz CT molecular complexity index is 907. The maximum absolute atomic E-state index is 10.0. The van der Waals surface area contributed by atoms with Crippen LogP contribution in [0.4, 0.5) is 0 Å². The Hall–Kier alpha value is -2.54. The van der Waals surface area contributed by atoms with Gasteiger partial charge in [-0.15, -0.1) is 0 Å². The second-order valence-corrected chi connectivity index (χ2v) is 8.05. The minimum absolute atomic E-state index is 0.0317. The molecule has 1 fully saturated rings. The Balaban J connectivity index is 1.49. The van der Waals surface area contributed by atoms with E-state index in [9.17, 15) is 5.11 Å². The van der Waals surface area contributed by atoms with E-state index in [0.29, 0.717) is 26.4 Å². The van der Waals surface area contributed by atoms with Crippen molar-refractivity contribution in [3.63, 3.8) is 0 Å². The summed E-state index contributed by atoms with van der Waals surface area (Å²) in [5.74, 6) is 0. The summed E-state index contributed by atoms with van der Waals surface area (Å²) in [6.07, 6.45) is -0.873. The molecule has 1 aliphatic heterocycles. The molecule has 1 saturated heterocycles. The fraction of sp³-hybridized carbons (Fsp3) is 0.333. The molecule has 0 spiro atoms. The molecule has 0 amide bonds. The van der Waals surface area contributed by atoms with E-state index in [2.05, 4.69) is 17.4 Å². The first kappa shape index (κ1) is 22.6. The zero-order chi connectivity index (χ0) is 22.0. The number of hydrogen-bond donors (Lipinski definition) is 2.